The molecule has 141 valence electrons. The minimum Gasteiger partial charge on any atom is -0.305 e. The third-order valence-corrected chi connectivity index (χ3v) is 5.18. The van der Waals surface area contributed by atoms with Crippen molar-refractivity contribution in [3.63, 3.8) is 0 Å². The van der Waals surface area contributed by atoms with Crippen molar-refractivity contribution >= 4 is 0 Å². The van der Waals surface area contributed by atoms with Gasteiger partial charge in [-0.05, 0) is 28.5 Å². The van der Waals surface area contributed by atoms with Crippen LogP contribution in [0.15, 0.2) is 97.2 Å². The predicted octanol–water partition coefficient (Wildman–Crippen LogP) is 6.54. The third kappa shape index (κ3) is 4.14. The smallest absolute Gasteiger partial charge is 0.0160 e. The second-order valence-corrected chi connectivity index (χ2v) is 7.27. The molecule has 0 fully saturated rings. The second-order valence-electron chi connectivity index (χ2n) is 7.27. The van der Waals surface area contributed by atoms with E-state index in [1.807, 2.05) is 30.5 Å². The van der Waals surface area contributed by atoms with Crippen LogP contribution in [0.4, 0.5) is 0 Å². The fourth-order valence-electron chi connectivity index (χ4n) is 3.42. The Kier molecular flexibility index (Phi) is 6.24. The number of hydrogen-bond donors (Lipinski definition) is 0. The Morgan fingerprint density at radius 1 is 0.714 bits per heavy atom. The summed E-state index contributed by atoms with van der Waals surface area (Å²) in [6, 6.07) is 35.0. The molecule has 3 aromatic carbocycles. The van der Waals surface area contributed by atoms with Crippen LogP contribution in [0.5, 0.6) is 0 Å². The van der Waals surface area contributed by atoms with Gasteiger partial charge in [-0.25, -0.2) is 0 Å². The number of aromatic nitrogens is 1. The summed E-state index contributed by atoms with van der Waals surface area (Å²) < 4.78 is 0. The fraction of sp³-hybridized carbons (Fsp3) is 0.115. The molecule has 4 rings (SSSR count). The standard InChI is InChI=1S/C26H22N.Ir/c1-26(2,23-11-4-3-5-12-23)24-16-14-20(15-17-24)21-9-8-10-22(19-21)25-13-6-7-18-27-25;/h3-9,11-19H,1-2H3;/q-1;. The molecule has 1 heterocycles. The first-order valence-electron chi connectivity index (χ1n) is 9.24. The van der Waals surface area contributed by atoms with E-state index in [0.717, 1.165) is 11.3 Å². The van der Waals surface area contributed by atoms with E-state index >= 15 is 0 Å². The zero-order valence-corrected chi connectivity index (χ0v) is 18.4. The molecule has 1 radical (unpaired) electrons. The molecule has 0 N–H and O–H groups in total. The fourth-order valence-corrected chi connectivity index (χ4v) is 3.42. The van der Waals surface area contributed by atoms with E-state index in [1.54, 1.807) is 0 Å². The van der Waals surface area contributed by atoms with Gasteiger partial charge in [-0.3, -0.25) is 0 Å². The van der Waals surface area contributed by atoms with Gasteiger partial charge in [0.2, 0.25) is 0 Å². The van der Waals surface area contributed by atoms with Gasteiger partial charge in [-0.2, -0.15) is 0 Å². The van der Waals surface area contributed by atoms with Gasteiger partial charge in [0, 0.05) is 31.7 Å². The van der Waals surface area contributed by atoms with Gasteiger partial charge in [0.05, 0.1) is 0 Å². The normalized spacial score (nSPS) is 10.9. The number of hydrogen-bond acceptors (Lipinski definition) is 1. The summed E-state index contributed by atoms with van der Waals surface area (Å²) in [6.07, 6.45) is 1.82. The van der Waals surface area contributed by atoms with Crippen molar-refractivity contribution in [2.24, 2.45) is 0 Å². The average molecular weight is 541 g/mol. The van der Waals surface area contributed by atoms with Crippen molar-refractivity contribution in [3.8, 4) is 22.4 Å². The van der Waals surface area contributed by atoms with E-state index in [4.69, 9.17) is 0 Å². The summed E-state index contributed by atoms with van der Waals surface area (Å²) in [5, 5.41) is 0. The van der Waals surface area contributed by atoms with E-state index in [2.05, 4.69) is 91.6 Å². The number of rotatable bonds is 4. The molecule has 0 spiro atoms. The summed E-state index contributed by atoms with van der Waals surface area (Å²) in [6.45, 7) is 4.54. The third-order valence-electron chi connectivity index (χ3n) is 5.18. The van der Waals surface area contributed by atoms with Gasteiger partial charge in [-0.1, -0.05) is 80.6 Å². The maximum absolute atomic E-state index is 4.43. The van der Waals surface area contributed by atoms with E-state index < -0.39 is 0 Å². The zero-order valence-electron chi connectivity index (χ0n) is 16.0. The molecular formula is C26H22IrN-. The van der Waals surface area contributed by atoms with Gasteiger partial charge >= 0.3 is 0 Å². The van der Waals surface area contributed by atoms with Crippen LogP contribution < -0.4 is 0 Å². The Bertz CT molecular complexity index is 1020. The van der Waals surface area contributed by atoms with Gasteiger partial charge in [0.25, 0.3) is 0 Å². The molecule has 1 nitrogen and oxygen atoms in total. The molecule has 4 aromatic rings. The predicted molar refractivity (Wildman–Crippen MR) is 113 cm³/mol. The van der Waals surface area contributed by atoms with Crippen molar-refractivity contribution in [1.29, 1.82) is 0 Å². The van der Waals surface area contributed by atoms with E-state index in [-0.39, 0.29) is 25.5 Å². The van der Waals surface area contributed by atoms with Crippen molar-refractivity contribution in [2.45, 2.75) is 19.3 Å². The molecule has 0 bridgehead atoms. The summed E-state index contributed by atoms with van der Waals surface area (Å²) in [5.41, 5.74) is 6.95. The first-order chi connectivity index (χ1) is 13.1. The molecule has 2 heteroatoms. The van der Waals surface area contributed by atoms with Gasteiger partial charge in [-0.15, -0.1) is 35.4 Å². The topological polar surface area (TPSA) is 12.9 Å². The molecule has 0 unspecified atom stereocenters. The Labute approximate surface area is 180 Å². The number of nitrogens with zero attached hydrogens (tertiary/aromatic N) is 1. The van der Waals surface area contributed by atoms with Crippen LogP contribution >= 0.6 is 0 Å². The molecule has 1 aromatic heterocycles. The van der Waals surface area contributed by atoms with Gasteiger partial charge in [0.15, 0.2) is 0 Å². The number of pyridine rings is 1. The van der Waals surface area contributed by atoms with Crippen LogP contribution in [0.1, 0.15) is 25.0 Å². The molecule has 28 heavy (non-hydrogen) atoms. The van der Waals surface area contributed by atoms with Gasteiger partial charge < -0.3 is 4.98 Å². The molecule has 0 aliphatic carbocycles. The van der Waals surface area contributed by atoms with Crippen molar-refractivity contribution in [3.05, 3.63) is 114 Å². The van der Waals surface area contributed by atoms with Crippen LogP contribution in [0.3, 0.4) is 0 Å². The Hall–Kier alpha value is -2.54. The van der Waals surface area contributed by atoms with Crippen LogP contribution in [0.25, 0.3) is 22.4 Å². The summed E-state index contributed by atoms with van der Waals surface area (Å²) in [4.78, 5) is 4.43. The van der Waals surface area contributed by atoms with E-state index in [0.29, 0.717) is 0 Å². The maximum Gasteiger partial charge on any atom is 0.0160 e. The molecule has 0 saturated carbocycles. The van der Waals surface area contributed by atoms with E-state index in [1.165, 1.54) is 22.3 Å². The maximum atomic E-state index is 4.43. The zero-order chi connectivity index (χ0) is 18.7. The Morgan fingerprint density at radius 2 is 1.39 bits per heavy atom. The molecule has 0 atom stereocenters. The van der Waals surface area contributed by atoms with Crippen molar-refractivity contribution in [2.75, 3.05) is 0 Å². The summed E-state index contributed by atoms with van der Waals surface area (Å²) in [7, 11) is 0. The summed E-state index contributed by atoms with van der Waals surface area (Å²) >= 11 is 0. The second kappa shape index (κ2) is 8.65. The SMILES string of the molecule is CC(C)(c1ccccc1)c1ccc(-c2cc[c-]c(-c3ccccn3)c2)cc1.[Ir]. The van der Waals surface area contributed by atoms with Crippen LogP contribution in [0, 0.1) is 6.07 Å². The van der Waals surface area contributed by atoms with Crippen LogP contribution in [0.2, 0.25) is 0 Å². The largest absolute Gasteiger partial charge is 0.305 e. The van der Waals surface area contributed by atoms with Crippen LogP contribution in [-0.4, -0.2) is 4.98 Å². The van der Waals surface area contributed by atoms with E-state index in [9.17, 15) is 0 Å². The number of benzene rings is 3. The van der Waals surface area contributed by atoms with Crippen molar-refractivity contribution in [1.82, 2.24) is 4.98 Å². The Morgan fingerprint density at radius 3 is 2.07 bits per heavy atom. The van der Waals surface area contributed by atoms with Crippen molar-refractivity contribution < 1.29 is 20.1 Å². The molecule has 0 saturated heterocycles. The average Bonchev–Trinajstić information content (AvgIpc) is 2.75. The first-order valence-corrected chi connectivity index (χ1v) is 9.24. The quantitative estimate of drug-likeness (QED) is 0.268. The summed E-state index contributed by atoms with van der Waals surface area (Å²) in [5.74, 6) is 0. The monoisotopic (exact) mass is 541 g/mol. The minimum absolute atomic E-state index is 0. The first kappa shape index (κ1) is 20.2. The molecule has 0 aliphatic heterocycles. The molecule has 0 aliphatic rings. The molecular weight excluding hydrogens is 519 g/mol. The van der Waals surface area contributed by atoms with Crippen LogP contribution in [-0.2, 0) is 25.5 Å². The minimum atomic E-state index is -0.0244. The Balaban J connectivity index is 0.00000225. The molecule has 0 amide bonds. The van der Waals surface area contributed by atoms with Gasteiger partial charge in [0.1, 0.15) is 0 Å².